The van der Waals surface area contributed by atoms with Crippen molar-refractivity contribution in [1.82, 2.24) is 0 Å². The van der Waals surface area contributed by atoms with E-state index in [0.29, 0.717) is 29.4 Å². The normalized spacial score (nSPS) is 17.2. The Labute approximate surface area is 203 Å². The molecule has 34 heavy (non-hydrogen) atoms. The largest absolute Gasteiger partial charge is 0.507 e. The van der Waals surface area contributed by atoms with E-state index in [1.807, 2.05) is 38.1 Å². The first-order valence-electron chi connectivity index (χ1n) is 10.8. The molecule has 1 aliphatic heterocycles. The Balaban J connectivity index is 1.98. The third-order valence-corrected chi connectivity index (χ3v) is 6.09. The minimum absolute atomic E-state index is 0.0451. The summed E-state index contributed by atoms with van der Waals surface area (Å²) in [5.41, 5.74) is 2.22. The summed E-state index contributed by atoms with van der Waals surface area (Å²) < 4.78 is 10.9. The molecule has 1 aliphatic rings. The van der Waals surface area contributed by atoms with Gasteiger partial charge in [0.2, 0.25) is 0 Å². The van der Waals surface area contributed by atoms with Gasteiger partial charge in [0.05, 0.1) is 30.4 Å². The van der Waals surface area contributed by atoms with Crippen molar-refractivity contribution in [2.45, 2.75) is 19.9 Å². The molecule has 0 radical (unpaired) electrons. The van der Waals surface area contributed by atoms with E-state index in [-0.39, 0.29) is 21.9 Å². The number of carbonyl (C=O) groups is 2. The van der Waals surface area contributed by atoms with Gasteiger partial charge in [-0.05, 0) is 55.3 Å². The van der Waals surface area contributed by atoms with Gasteiger partial charge in [-0.2, -0.15) is 0 Å². The Kier molecular flexibility index (Phi) is 6.61. The average Bonchev–Trinajstić information content (AvgIpc) is 3.10. The number of Topliss-reactive ketones (excluding diaryl/α,β-unsaturated/α-hetero) is 1. The van der Waals surface area contributed by atoms with E-state index in [4.69, 9.17) is 21.1 Å². The van der Waals surface area contributed by atoms with Crippen molar-refractivity contribution in [1.29, 1.82) is 0 Å². The number of rotatable bonds is 6. The summed E-state index contributed by atoms with van der Waals surface area (Å²) in [6.45, 7) is 4.21. The van der Waals surface area contributed by atoms with Crippen molar-refractivity contribution in [2.24, 2.45) is 0 Å². The lowest BCUT2D eigenvalue weighted by molar-refractivity contribution is -0.132. The maximum Gasteiger partial charge on any atom is 0.300 e. The molecule has 1 N–H and O–H groups in total. The van der Waals surface area contributed by atoms with Crippen LogP contribution in [0.1, 0.15) is 29.7 Å². The molecule has 3 aromatic rings. The lowest BCUT2D eigenvalue weighted by atomic mass is 9.92. The number of hydrogen-bond acceptors (Lipinski definition) is 5. The Bertz CT molecular complexity index is 1300. The van der Waals surface area contributed by atoms with Gasteiger partial charge in [-0.25, -0.2) is 0 Å². The molecule has 4 rings (SSSR count). The maximum absolute atomic E-state index is 13.4. The Morgan fingerprint density at radius 2 is 1.79 bits per heavy atom. The van der Waals surface area contributed by atoms with Gasteiger partial charge < -0.3 is 14.6 Å². The van der Waals surface area contributed by atoms with Crippen LogP contribution in [-0.2, 0) is 9.59 Å². The summed E-state index contributed by atoms with van der Waals surface area (Å²) in [5, 5.41) is 11.6. The zero-order chi connectivity index (χ0) is 24.4. The predicted octanol–water partition coefficient (Wildman–Crippen LogP) is 5.68. The SMILES string of the molecule is CCOc1cccc(N2C(=O)C(=O)/C(=C(/O)c3cc(OC)ccc3Cl)C2c2ccccc2C)c1. The van der Waals surface area contributed by atoms with Crippen molar-refractivity contribution in [3.63, 3.8) is 0 Å². The quantitative estimate of drug-likeness (QED) is 0.281. The number of nitrogens with zero attached hydrogens (tertiary/aromatic N) is 1. The molecule has 6 nitrogen and oxygen atoms in total. The summed E-state index contributed by atoms with van der Waals surface area (Å²) in [7, 11) is 1.49. The number of aryl methyl sites for hydroxylation is 1. The standard InChI is InChI=1S/C27H24ClNO5/c1-4-34-19-10-7-9-17(14-19)29-24(20-11-6-5-8-16(20)2)23(26(31)27(29)32)25(30)21-15-18(33-3)12-13-22(21)28/h5-15,24,30H,4H2,1-3H3/b25-23+. The monoisotopic (exact) mass is 477 g/mol. The van der Waals surface area contributed by atoms with E-state index >= 15 is 0 Å². The average molecular weight is 478 g/mol. The van der Waals surface area contributed by atoms with Gasteiger partial charge in [-0.15, -0.1) is 0 Å². The Hall–Kier alpha value is -3.77. The molecular formula is C27H24ClNO5. The van der Waals surface area contributed by atoms with Gasteiger partial charge in [-0.1, -0.05) is 41.9 Å². The van der Waals surface area contributed by atoms with Gasteiger partial charge in [-0.3, -0.25) is 14.5 Å². The van der Waals surface area contributed by atoms with E-state index < -0.39 is 17.7 Å². The summed E-state index contributed by atoms with van der Waals surface area (Å²) in [6, 6.07) is 18.3. The zero-order valence-corrected chi connectivity index (χ0v) is 19.8. The summed E-state index contributed by atoms with van der Waals surface area (Å²) in [6.07, 6.45) is 0. The van der Waals surface area contributed by atoms with Crippen LogP contribution in [-0.4, -0.2) is 30.5 Å². The van der Waals surface area contributed by atoms with Gasteiger partial charge in [0, 0.05) is 17.3 Å². The van der Waals surface area contributed by atoms with Crippen LogP contribution >= 0.6 is 11.6 Å². The number of hydrogen-bond donors (Lipinski definition) is 1. The van der Waals surface area contributed by atoms with Crippen molar-refractivity contribution < 1.29 is 24.2 Å². The highest BCUT2D eigenvalue weighted by molar-refractivity contribution is 6.52. The number of anilines is 1. The van der Waals surface area contributed by atoms with E-state index in [1.165, 1.54) is 18.1 Å². The molecule has 0 spiro atoms. The van der Waals surface area contributed by atoms with E-state index in [2.05, 4.69) is 0 Å². The molecule has 174 valence electrons. The van der Waals surface area contributed by atoms with E-state index in [0.717, 1.165) is 5.56 Å². The van der Waals surface area contributed by atoms with Crippen molar-refractivity contribution in [3.8, 4) is 11.5 Å². The molecule has 1 amide bonds. The van der Waals surface area contributed by atoms with Crippen molar-refractivity contribution >= 4 is 34.7 Å². The summed E-state index contributed by atoms with van der Waals surface area (Å²) in [4.78, 5) is 28.1. The number of amides is 1. The first-order chi connectivity index (χ1) is 16.4. The fourth-order valence-corrected chi connectivity index (χ4v) is 4.34. The number of halogens is 1. The number of aliphatic hydroxyl groups excluding tert-OH is 1. The molecule has 0 bridgehead atoms. The number of ketones is 1. The fourth-order valence-electron chi connectivity index (χ4n) is 4.13. The lowest BCUT2D eigenvalue weighted by Gasteiger charge is -2.27. The van der Waals surface area contributed by atoms with E-state index in [9.17, 15) is 14.7 Å². The van der Waals surface area contributed by atoms with Crippen molar-refractivity contribution in [3.05, 3.63) is 94.0 Å². The van der Waals surface area contributed by atoms with Crippen LogP contribution < -0.4 is 14.4 Å². The molecule has 3 aromatic carbocycles. The van der Waals surface area contributed by atoms with Gasteiger partial charge in [0.1, 0.15) is 17.3 Å². The van der Waals surface area contributed by atoms with Gasteiger partial charge in [0.15, 0.2) is 0 Å². The molecule has 7 heteroatoms. The number of benzene rings is 3. The predicted molar refractivity (Wildman–Crippen MR) is 132 cm³/mol. The molecule has 1 atom stereocenters. The number of aliphatic hydroxyl groups is 1. The third kappa shape index (κ3) is 4.13. The molecular weight excluding hydrogens is 454 g/mol. The molecule has 1 heterocycles. The first-order valence-corrected chi connectivity index (χ1v) is 11.2. The highest BCUT2D eigenvalue weighted by Gasteiger charge is 2.47. The van der Waals surface area contributed by atoms with Crippen LogP contribution in [0.2, 0.25) is 5.02 Å². The first kappa shape index (κ1) is 23.4. The topological polar surface area (TPSA) is 76.1 Å². The fraction of sp³-hybridized carbons (Fsp3) is 0.185. The lowest BCUT2D eigenvalue weighted by Crippen LogP contribution is -2.29. The van der Waals surface area contributed by atoms with Crippen LogP contribution in [0, 0.1) is 6.92 Å². The molecule has 1 saturated heterocycles. The van der Waals surface area contributed by atoms with E-state index in [1.54, 1.807) is 36.4 Å². The molecule has 0 saturated carbocycles. The third-order valence-electron chi connectivity index (χ3n) is 5.76. The number of carbonyl (C=O) groups excluding carboxylic acids is 2. The van der Waals surface area contributed by atoms with Gasteiger partial charge in [0.25, 0.3) is 11.7 Å². The van der Waals surface area contributed by atoms with Crippen LogP contribution in [0.15, 0.2) is 72.3 Å². The molecule has 1 unspecified atom stereocenters. The molecule has 1 fully saturated rings. The van der Waals surface area contributed by atoms with Crippen LogP contribution in [0.25, 0.3) is 5.76 Å². The maximum atomic E-state index is 13.4. The Morgan fingerprint density at radius 1 is 1.03 bits per heavy atom. The molecule has 0 aromatic heterocycles. The summed E-state index contributed by atoms with van der Waals surface area (Å²) in [5.74, 6) is -0.883. The van der Waals surface area contributed by atoms with Crippen molar-refractivity contribution in [2.75, 3.05) is 18.6 Å². The zero-order valence-electron chi connectivity index (χ0n) is 19.0. The van der Waals surface area contributed by atoms with Gasteiger partial charge >= 0.3 is 0 Å². The minimum Gasteiger partial charge on any atom is -0.507 e. The highest BCUT2D eigenvalue weighted by Crippen LogP contribution is 2.44. The Morgan fingerprint density at radius 3 is 2.50 bits per heavy atom. The minimum atomic E-state index is -0.861. The second-order valence-electron chi connectivity index (χ2n) is 7.80. The molecule has 0 aliphatic carbocycles. The second kappa shape index (κ2) is 9.61. The van der Waals surface area contributed by atoms with Crippen LogP contribution in [0.5, 0.6) is 11.5 Å². The highest BCUT2D eigenvalue weighted by atomic mass is 35.5. The second-order valence-corrected chi connectivity index (χ2v) is 8.21. The summed E-state index contributed by atoms with van der Waals surface area (Å²) >= 11 is 6.37. The smallest absolute Gasteiger partial charge is 0.300 e. The van der Waals surface area contributed by atoms with Crippen LogP contribution in [0.3, 0.4) is 0 Å². The number of ether oxygens (including phenoxy) is 2. The number of methoxy groups -OCH3 is 1. The van der Waals surface area contributed by atoms with Crippen LogP contribution in [0.4, 0.5) is 5.69 Å².